The second-order valence-corrected chi connectivity index (χ2v) is 8.05. The lowest BCUT2D eigenvalue weighted by molar-refractivity contribution is -0.112. The third kappa shape index (κ3) is 4.49. The number of methoxy groups -OCH3 is 2. The molecule has 0 fully saturated rings. The Hall–Kier alpha value is -3.11. The first-order valence-corrected chi connectivity index (χ1v) is 10.1. The Bertz CT molecular complexity index is 999. The number of thiophene rings is 1. The van der Waals surface area contributed by atoms with Gasteiger partial charge in [-0.1, -0.05) is 19.1 Å². The molecule has 0 spiro atoms. The fourth-order valence-corrected chi connectivity index (χ4v) is 4.74. The normalized spacial score (nSPS) is 15.8. The summed E-state index contributed by atoms with van der Waals surface area (Å²) in [5, 5.41) is 12.7. The smallest absolute Gasteiger partial charge is 0.341 e. The van der Waals surface area contributed by atoms with Gasteiger partial charge in [0.1, 0.15) is 22.4 Å². The van der Waals surface area contributed by atoms with Gasteiger partial charge in [0.25, 0.3) is 5.91 Å². The summed E-state index contributed by atoms with van der Waals surface area (Å²) in [7, 11) is 2.90. The monoisotopic (exact) mass is 410 g/mol. The molecule has 3 rings (SSSR count). The maximum absolute atomic E-state index is 12.7. The number of rotatable bonds is 5. The first-order valence-electron chi connectivity index (χ1n) is 9.26. The molecule has 29 heavy (non-hydrogen) atoms. The molecule has 1 amide bonds. The molecule has 1 heterocycles. The van der Waals surface area contributed by atoms with Crippen LogP contribution >= 0.6 is 11.3 Å². The van der Waals surface area contributed by atoms with Gasteiger partial charge in [0.15, 0.2) is 0 Å². The Balaban J connectivity index is 1.89. The zero-order valence-corrected chi connectivity index (χ0v) is 17.4. The van der Waals surface area contributed by atoms with Gasteiger partial charge in [-0.2, -0.15) is 5.26 Å². The van der Waals surface area contributed by atoms with E-state index < -0.39 is 11.9 Å². The molecular formula is C22H22N2O4S. The first-order chi connectivity index (χ1) is 14.0. The van der Waals surface area contributed by atoms with Crippen molar-refractivity contribution in [3.63, 3.8) is 0 Å². The van der Waals surface area contributed by atoms with E-state index in [0.717, 1.165) is 29.7 Å². The van der Waals surface area contributed by atoms with E-state index in [1.54, 1.807) is 31.4 Å². The molecule has 0 saturated carbocycles. The van der Waals surface area contributed by atoms with Gasteiger partial charge in [-0.25, -0.2) is 4.79 Å². The minimum absolute atomic E-state index is 0.0503. The predicted octanol–water partition coefficient (Wildman–Crippen LogP) is 4.21. The number of carbonyl (C=O) groups excluding carboxylic acids is 2. The molecule has 0 bridgehead atoms. The van der Waals surface area contributed by atoms with Crippen LogP contribution in [-0.4, -0.2) is 26.1 Å². The number of amides is 1. The van der Waals surface area contributed by atoms with E-state index in [4.69, 9.17) is 9.47 Å². The van der Waals surface area contributed by atoms with Gasteiger partial charge < -0.3 is 14.8 Å². The van der Waals surface area contributed by atoms with Crippen LogP contribution in [0.4, 0.5) is 5.00 Å². The van der Waals surface area contributed by atoms with Gasteiger partial charge in [0.05, 0.1) is 19.8 Å². The summed E-state index contributed by atoms with van der Waals surface area (Å²) in [5.74, 6) is 0.191. The maximum Gasteiger partial charge on any atom is 0.341 e. The highest BCUT2D eigenvalue weighted by Crippen LogP contribution is 2.40. The van der Waals surface area contributed by atoms with Crippen LogP contribution in [0, 0.1) is 17.2 Å². The molecule has 7 heteroatoms. The van der Waals surface area contributed by atoms with E-state index in [2.05, 4.69) is 12.2 Å². The summed E-state index contributed by atoms with van der Waals surface area (Å²) < 4.78 is 10.1. The predicted molar refractivity (Wildman–Crippen MR) is 112 cm³/mol. The van der Waals surface area contributed by atoms with E-state index in [1.165, 1.54) is 24.5 Å². The Morgan fingerprint density at radius 3 is 2.62 bits per heavy atom. The number of anilines is 1. The first kappa shape index (κ1) is 20.6. The fraction of sp³-hybridized carbons (Fsp3) is 0.318. The zero-order chi connectivity index (χ0) is 21.0. The SMILES string of the molecule is COC(=O)c1c(NC(=O)/C(C#N)=C/c2ccc(OC)cc2)sc2c1CCC(C)C2. The van der Waals surface area contributed by atoms with Crippen LogP contribution < -0.4 is 10.1 Å². The number of hydrogen-bond donors (Lipinski definition) is 1. The van der Waals surface area contributed by atoms with Crippen molar-refractivity contribution in [2.45, 2.75) is 26.2 Å². The summed E-state index contributed by atoms with van der Waals surface area (Å²) >= 11 is 1.39. The molecule has 1 aromatic carbocycles. The topological polar surface area (TPSA) is 88.4 Å². The summed E-state index contributed by atoms with van der Waals surface area (Å²) in [6, 6.07) is 8.96. The quantitative estimate of drug-likeness (QED) is 0.453. The van der Waals surface area contributed by atoms with Crippen LogP contribution in [0.5, 0.6) is 5.75 Å². The van der Waals surface area contributed by atoms with Gasteiger partial charge in [-0.3, -0.25) is 4.79 Å². The van der Waals surface area contributed by atoms with E-state index in [1.807, 2.05) is 6.07 Å². The molecule has 1 atom stereocenters. The van der Waals surface area contributed by atoms with Crippen molar-refractivity contribution in [3.05, 3.63) is 51.4 Å². The van der Waals surface area contributed by atoms with E-state index >= 15 is 0 Å². The second-order valence-electron chi connectivity index (χ2n) is 6.94. The van der Waals surface area contributed by atoms with Crippen LogP contribution in [0.15, 0.2) is 29.8 Å². The Labute approximate surface area is 173 Å². The van der Waals surface area contributed by atoms with Crippen molar-refractivity contribution in [3.8, 4) is 11.8 Å². The van der Waals surface area contributed by atoms with Crippen LogP contribution in [0.2, 0.25) is 0 Å². The highest BCUT2D eigenvalue weighted by Gasteiger charge is 2.29. The third-order valence-electron chi connectivity index (χ3n) is 4.92. The molecule has 2 aromatic rings. The molecule has 1 N–H and O–H groups in total. The van der Waals surface area contributed by atoms with Gasteiger partial charge >= 0.3 is 5.97 Å². The number of nitrogens with zero attached hydrogens (tertiary/aromatic N) is 1. The molecule has 150 valence electrons. The van der Waals surface area contributed by atoms with Crippen molar-refractivity contribution in [1.82, 2.24) is 0 Å². The number of esters is 1. The fourth-order valence-electron chi connectivity index (χ4n) is 3.34. The standard InChI is InChI=1S/C22H22N2O4S/c1-13-4-9-17-18(10-13)29-21(19(17)22(26)28-3)24-20(25)15(12-23)11-14-5-7-16(27-2)8-6-14/h5-8,11,13H,4,9-10H2,1-3H3,(H,24,25)/b15-11+. The number of ether oxygens (including phenoxy) is 2. The van der Waals surface area contributed by atoms with Gasteiger partial charge in [0.2, 0.25) is 0 Å². The van der Waals surface area contributed by atoms with Crippen molar-refractivity contribution in [1.29, 1.82) is 5.26 Å². The molecule has 0 radical (unpaired) electrons. The highest BCUT2D eigenvalue weighted by molar-refractivity contribution is 7.17. The molecule has 1 unspecified atom stereocenters. The molecule has 1 aromatic heterocycles. The second kappa shape index (κ2) is 8.93. The van der Waals surface area contributed by atoms with E-state index in [9.17, 15) is 14.9 Å². The number of hydrogen-bond acceptors (Lipinski definition) is 6. The minimum Gasteiger partial charge on any atom is -0.497 e. The summed E-state index contributed by atoms with van der Waals surface area (Å²) in [4.78, 5) is 26.2. The number of benzene rings is 1. The lowest BCUT2D eigenvalue weighted by Gasteiger charge is -2.18. The maximum atomic E-state index is 12.7. The number of fused-ring (bicyclic) bond motifs is 1. The molecule has 6 nitrogen and oxygen atoms in total. The molecular weight excluding hydrogens is 388 g/mol. The average Bonchev–Trinajstić information content (AvgIpc) is 3.08. The molecule has 1 aliphatic rings. The molecule has 1 aliphatic carbocycles. The number of nitrogens with one attached hydrogen (secondary N) is 1. The summed E-state index contributed by atoms with van der Waals surface area (Å²) in [6.45, 7) is 2.17. The van der Waals surface area contributed by atoms with Crippen molar-refractivity contribution in [2.24, 2.45) is 5.92 Å². The average molecular weight is 410 g/mol. The van der Waals surface area contributed by atoms with E-state index in [0.29, 0.717) is 27.8 Å². The lowest BCUT2D eigenvalue weighted by atomic mass is 9.88. The van der Waals surface area contributed by atoms with Crippen molar-refractivity contribution < 1.29 is 19.1 Å². The van der Waals surface area contributed by atoms with E-state index in [-0.39, 0.29) is 5.57 Å². The summed E-state index contributed by atoms with van der Waals surface area (Å²) in [5.41, 5.74) is 2.01. The lowest BCUT2D eigenvalue weighted by Crippen LogP contribution is -2.16. The largest absolute Gasteiger partial charge is 0.497 e. The Kier molecular flexibility index (Phi) is 6.35. The Morgan fingerprint density at radius 2 is 2.00 bits per heavy atom. The van der Waals surface area contributed by atoms with Gasteiger partial charge in [-0.05, 0) is 54.5 Å². The van der Waals surface area contributed by atoms with Crippen LogP contribution in [-0.2, 0) is 22.4 Å². The highest BCUT2D eigenvalue weighted by atomic mass is 32.1. The van der Waals surface area contributed by atoms with Crippen LogP contribution in [0.3, 0.4) is 0 Å². The Morgan fingerprint density at radius 1 is 1.28 bits per heavy atom. The number of nitriles is 1. The van der Waals surface area contributed by atoms with Crippen molar-refractivity contribution in [2.75, 3.05) is 19.5 Å². The van der Waals surface area contributed by atoms with Crippen LogP contribution in [0.25, 0.3) is 6.08 Å². The molecule has 0 aliphatic heterocycles. The zero-order valence-electron chi connectivity index (χ0n) is 16.6. The minimum atomic E-state index is -0.555. The molecule has 0 saturated heterocycles. The van der Waals surface area contributed by atoms with Crippen LogP contribution in [0.1, 0.15) is 39.7 Å². The van der Waals surface area contributed by atoms with Crippen molar-refractivity contribution >= 4 is 34.3 Å². The summed E-state index contributed by atoms with van der Waals surface area (Å²) in [6.07, 6.45) is 4.14. The third-order valence-corrected chi connectivity index (χ3v) is 6.09. The van der Waals surface area contributed by atoms with Gasteiger partial charge in [-0.15, -0.1) is 11.3 Å². The number of carbonyl (C=O) groups is 2. The van der Waals surface area contributed by atoms with Gasteiger partial charge in [0, 0.05) is 4.88 Å².